The van der Waals surface area contributed by atoms with Crippen LogP contribution in [0.3, 0.4) is 0 Å². The molecule has 1 amide bonds. The average Bonchev–Trinajstić information content (AvgIpc) is 3.36. The van der Waals surface area contributed by atoms with E-state index in [0.29, 0.717) is 31.2 Å². The number of nitrogens with one attached hydrogen (secondary N) is 1. The number of hydrogen-bond acceptors (Lipinski definition) is 5. The molecule has 0 saturated heterocycles. The zero-order valence-corrected chi connectivity index (χ0v) is 16.2. The molecular weight excluding hydrogens is 358 g/mol. The van der Waals surface area contributed by atoms with Gasteiger partial charge in [-0.1, -0.05) is 36.4 Å². The molecule has 1 N–H and O–H groups in total. The molecule has 1 aromatic carbocycles. The van der Waals surface area contributed by atoms with Crippen LogP contribution in [0, 0.1) is 0 Å². The Kier molecular flexibility index (Phi) is 7.59. The van der Waals surface area contributed by atoms with Crippen molar-refractivity contribution in [2.45, 2.75) is 44.9 Å². The first-order valence-electron chi connectivity index (χ1n) is 9.44. The van der Waals surface area contributed by atoms with Crippen molar-refractivity contribution in [2.75, 3.05) is 6.54 Å². The molecule has 6 heteroatoms. The second-order valence-corrected chi connectivity index (χ2v) is 7.49. The van der Waals surface area contributed by atoms with E-state index in [1.165, 1.54) is 10.4 Å². The third-order valence-corrected chi connectivity index (χ3v) is 5.23. The van der Waals surface area contributed by atoms with Gasteiger partial charge in [0.25, 0.3) is 0 Å². The molecule has 0 aliphatic carbocycles. The van der Waals surface area contributed by atoms with Gasteiger partial charge in [0.15, 0.2) is 0 Å². The molecule has 0 bridgehead atoms. The first kappa shape index (κ1) is 19.3. The Morgan fingerprint density at radius 3 is 2.48 bits per heavy atom. The largest absolute Gasteiger partial charge is 0.425 e. The molecule has 0 radical (unpaired) electrons. The lowest BCUT2D eigenvalue weighted by Crippen LogP contribution is -2.25. The van der Waals surface area contributed by atoms with Crippen LogP contribution in [-0.2, 0) is 30.5 Å². The Morgan fingerprint density at radius 1 is 0.926 bits per heavy atom. The van der Waals surface area contributed by atoms with Gasteiger partial charge in [0.2, 0.25) is 17.7 Å². The van der Waals surface area contributed by atoms with E-state index < -0.39 is 0 Å². The van der Waals surface area contributed by atoms with E-state index in [0.717, 1.165) is 32.1 Å². The van der Waals surface area contributed by atoms with Crippen molar-refractivity contribution in [3.05, 3.63) is 70.1 Å². The smallest absolute Gasteiger partial charge is 0.220 e. The molecule has 0 aliphatic rings. The van der Waals surface area contributed by atoms with Gasteiger partial charge in [-0.15, -0.1) is 21.5 Å². The SMILES string of the molecule is O=C(CCc1nnc(CCCCc2ccccc2)o1)NCCc1cccs1. The number of hydrogen-bond donors (Lipinski definition) is 1. The molecule has 3 rings (SSSR count). The standard InChI is InChI=1S/C21H25N3O2S/c25-19(22-15-14-18-10-6-16-27-18)12-13-21-24-23-20(26-21)11-5-4-9-17-7-2-1-3-8-17/h1-3,6-8,10,16H,4-5,9,11-15H2,(H,22,25). The fourth-order valence-corrected chi connectivity index (χ4v) is 3.54. The maximum Gasteiger partial charge on any atom is 0.220 e. The number of amides is 1. The quantitative estimate of drug-likeness (QED) is 0.509. The van der Waals surface area contributed by atoms with Crippen LogP contribution in [0.15, 0.2) is 52.3 Å². The van der Waals surface area contributed by atoms with Gasteiger partial charge in [0.05, 0.1) is 0 Å². The minimum Gasteiger partial charge on any atom is -0.425 e. The molecule has 0 unspecified atom stereocenters. The summed E-state index contributed by atoms with van der Waals surface area (Å²) in [4.78, 5) is 13.2. The molecule has 3 aromatic rings. The summed E-state index contributed by atoms with van der Waals surface area (Å²) < 4.78 is 5.65. The van der Waals surface area contributed by atoms with Crippen LogP contribution in [0.4, 0.5) is 0 Å². The number of thiophene rings is 1. The van der Waals surface area contributed by atoms with Gasteiger partial charge in [-0.3, -0.25) is 4.79 Å². The second kappa shape index (κ2) is 10.6. The van der Waals surface area contributed by atoms with Crippen molar-refractivity contribution in [2.24, 2.45) is 0 Å². The molecule has 0 spiro atoms. The number of carbonyl (C=O) groups excluding carboxylic acids is 1. The molecule has 0 fully saturated rings. The van der Waals surface area contributed by atoms with Crippen molar-refractivity contribution in [3.8, 4) is 0 Å². The maximum absolute atomic E-state index is 11.9. The highest BCUT2D eigenvalue weighted by atomic mass is 32.1. The summed E-state index contributed by atoms with van der Waals surface area (Å²) in [7, 11) is 0. The summed E-state index contributed by atoms with van der Waals surface area (Å²) in [5, 5.41) is 13.1. The third-order valence-electron chi connectivity index (χ3n) is 4.30. The lowest BCUT2D eigenvalue weighted by Gasteiger charge is -2.02. The van der Waals surface area contributed by atoms with Crippen molar-refractivity contribution < 1.29 is 9.21 Å². The lowest BCUT2D eigenvalue weighted by atomic mass is 10.1. The van der Waals surface area contributed by atoms with E-state index in [-0.39, 0.29) is 5.91 Å². The minimum atomic E-state index is 0.0224. The number of carbonyl (C=O) groups is 1. The Bertz CT molecular complexity index is 800. The Balaban J connectivity index is 1.29. The Labute approximate surface area is 163 Å². The highest BCUT2D eigenvalue weighted by Crippen LogP contribution is 2.10. The molecule has 0 atom stereocenters. The molecule has 5 nitrogen and oxygen atoms in total. The van der Waals surface area contributed by atoms with Crippen LogP contribution in [0.5, 0.6) is 0 Å². The molecule has 0 aliphatic heterocycles. The molecular formula is C21H25N3O2S. The fraction of sp³-hybridized carbons (Fsp3) is 0.381. The number of unbranched alkanes of at least 4 members (excludes halogenated alkanes) is 1. The summed E-state index contributed by atoms with van der Waals surface area (Å²) in [6, 6.07) is 14.6. The Hall–Kier alpha value is -2.47. The van der Waals surface area contributed by atoms with Gasteiger partial charge in [0.1, 0.15) is 0 Å². The highest BCUT2D eigenvalue weighted by molar-refractivity contribution is 7.09. The van der Waals surface area contributed by atoms with E-state index in [4.69, 9.17) is 4.42 Å². The predicted molar refractivity (Wildman–Crippen MR) is 107 cm³/mol. The molecule has 142 valence electrons. The van der Waals surface area contributed by atoms with Gasteiger partial charge in [-0.05, 0) is 42.7 Å². The van der Waals surface area contributed by atoms with Gasteiger partial charge >= 0.3 is 0 Å². The highest BCUT2D eigenvalue weighted by Gasteiger charge is 2.09. The predicted octanol–water partition coefficient (Wildman–Crippen LogP) is 3.99. The summed E-state index contributed by atoms with van der Waals surface area (Å²) in [5.41, 5.74) is 1.36. The van der Waals surface area contributed by atoms with Crippen LogP contribution in [0.25, 0.3) is 0 Å². The Morgan fingerprint density at radius 2 is 1.70 bits per heavy atom. The number of benzene rings is 1. The lowest BCUT2D eigenvalue weighted by molar-refractivity contribution is -0.121. The molecule has 0 saturated carbocycles. The normalized spacial score (nSPS) is 10.8. The van der Waals surface area contributed by atoms with Gasteiger partial charge in [-0.25, -0.2) is 0 Å². The monoisotopic (exact) mass is 383 g/mol. The summed E-state index contributed by atoms with van der Waals surface area (Å²) in [5.74, 6) is 1.23. The zero-order valence-electron chi connectivity index (χ0n) is 15.4. The van der Waals surface area contributed by atoms with Crippen LogP contribution in [-0.4, -0.2) is 22.6 Å². The average molecular weight is 384 g/mol. The summed E-state index contributed by atoms with van der Waals surface area (Å²) >= 11 is 1.71. The van der Waals surface area contributed by atoms with Gasteiger partial charge in [-0.2, -0.15) is 0 Å². The van der Waals surface area contributed by atoms with Gasteiger partial charge in [0, 0.05) is 30.7 Å². The zero-order chi connectivity index (χ0) is 18.7. The molecule has 2 heterocycles. The van der Waals surface area contributed by atoms with E-state index >= 15 is 0 Å². The molecule has 27 heavy (non-hydrogen) atoms. The van der Waals surface area contributed by atoms with E-state index in [1.54, 1.807) is 11.3 Å². The fourth-order valence-electron chi connectivity index (χ4n) is 2.83. The first-order valence-corrected chi connectivity index (χ1v) is 10.3. The van der Waals surface area contributed by atoms with Crippen molar-refractivity contribution in [3.63, 3.8) is 0 Å². The van der Waals surface area contributed by atoms with Crippen molar-refractivity contribution in [1.82, 2.24) is 15.5 Å². The second-order valence-electron chi connectivity index (χ2n) is 6.46. The van der Waals surface area contributed by atoms with E-state index in [1.807, 2.05) is 17.5 Å². The molecule has 2 aromatic heterocycles. The van der Waals surface area contributed by atoms with Crippen LogP contribution in [0.1, 0.15) is 41.5 Å². The van der Waals surface area contributed by atoms with Crippen LogP contribution < -0.4 is 5.32 Å². The number of rotatable bonds is 11. The first-order chi connectivity index (χ1) is 13.3. The maximum atomic E-state index is 11.9. The van der Waals surface area contributed by atoms with Crippen LogP contribution in [0.2, 0.25) is 0 Å². The van der Waals surface area contributed by atoms with E-state index in [9.17, 15) is 4.79 Å². The van der Waals surface area contributed by atoms with Crippen LogP contribution >= 0.6 is 11.3 Å². The number of aryl methyl sites for hydroxylation is 3. The van der Waals surface area contributed by atoms with E-state index in [2.05, 4.69) is 45.8 Å². The number of aromatic nitrogens is 2. The summed E-state index contributed by atoms with van der Waals surface area (Å²) in [6.07, 6.45) is 5.69. The van der Waals surface area contributed by atoms with Gasteiger partial charge < -0.3 is 9.73 Å². The number of nitrogens with zero attached hydrogens (tertiary/aromatic N) is 2. The minimum absolute atomic E-state index is 0.0224. The third kappa shape index (κ3) is 6.98. The summed E-state index contributed by atoms with van der Waals surface area (Å²) in [6.45, 7) is 0.663. The van der Waals surface area contributed by atoms with Crippen molar-refractivity contribution in [1.29, 1.82) is 0 Å². The topological polar surface area (TPSA) is 68.0 Å². The van der Waals surface area contributed by atoms with Crippen molar-refractivity contribution >= 4 is 17.2 Å².